The molecule has 0 fully saturated rings. The van der Waals surface area contributed by atoms with Gasteiger partial charge in [0.15, 0.2) is 0 Å². The lowest BCUT2D eigenvalue weighted by Gasteiger charge is -2.20. The van der Waals surface area contributed by atoms with Gasteiger partial charge in [-0.25, -0.2) is 0 Å². The van der Waals surface area contributed by atoms with E-state index in [1.165, 1.54) is 0 Å². The maximum Gasteiger partial charge on any atom is 0.0732 e. The maximum atomic E-state index is 9.93. The average Bonchev–Trinajstić information content (AvgIpc) is 2.26. The Labute approximate surface area is 115 Å². The highest BCUT2D eigenvalue weighted by molar-refractivity contribution is 6.30. The molecule has 1 aromatic rings. The molecule has 0 aliphatic rings. The number of halogens is 2. The molecule has 2 atom stereocenters. The van der Waals surface area contributed by atoms with Crippen LogP contribution in [0.5, 0.6) is 0 Å². The lowest BCUT2D eigenvalue weighted by atomic mass is 9.96. The molecule has 3 N–H and O–H groups in total. The van der Waals surface area contributed by atoms with Gasteiger partial charge in [0.25, 0.3) is 0 Å². The van der Waals surface area contributed by atoms with Crippen molar-refractivity contribution in [1.29, 1.82) is 0 Å². The number of hydrogen-bond donors (Lipinski definition) is 2. The van der Waals surface area contributed by atoms with Crippen molar-refractivity contribution in [3.05, 3.63) is 34.9 Å². The molecule has 0 aliphatic heterocycles. The van der Waals surface area contributed by atoms with E-state index in [0.29, 0.717) is 10.9 Å². The highest BCUT2D eigenvalue weighted by Gasteiger charge is 2.16. The Morgan fingerprint density at radius 3 is 2.18 bits per heavy atom. The van der Waals surface area contributed by atoms with Crippen molar-refractivity contribution in [2.75, 3.05) is 0 Å². The van der Waals surface area contributed by atoms with Gasteiger partial charge in [-0.15, -0.1) is 12.4 Å². The van der Waals surface area contributed by atoms with Gasteiger partial charge < -0.3 is 10.8 Å². The Morgan fingerprint density at radius 2 is 1.71 bits per heavy atom. The molecule has 0 aromatic heterocycles. The first kappa shape index (κ1) is 16.7. The zero-order valence-electron chi connectivity index (χ0n) is 10.3. The predicted octanol–water partition coefficient (Wildman–Crippen LogP) is 3.56. The largest absolute Gasteiger partial charge is 0.391 e. The van der Waals surface area contributed by atoms with Gasteiger partial charge in [-0.3, -0.25) is 0 Å². The monoisotopic (exact) mass is 277 g/mol. The summed E-state index contributed by atoms with van der Waals surface area (Å²) in [6.07, 6.45) is 1.24. The molecule has 17 heavy (non-hydrogen) atoms. The van der Waals surface area contributed by atoms with Crippen LogP contribution in [-0.2, 0) is 0 Å². The summed E-state index contributed by atoms with van der Waals surface area (Å²) in [6.45, 7) is 4.28. The van der Waals surface area contributed by atoms with Crippen molar-refractivity contribution in [3.8, 4) is 0 Å². The third-order valence-electron chi connectivity index (χ3n) is 2.71. The van der Waals surface area contributed by atoms with E-state index in [1.54, 1.807) is 12.1 Å². The van der Waals surface area contributed by atoms with E-state index in [-0.39, 0.29) is 18.4 Å². The molecule has 0 saturated carbocycles. The Bertz CT molecular complexity index is 314. The van der Waals surface area contributed by atoms with Crippen LogP contribution in [0.2, 0.25) is 5.02 Å². The third-order valence-corrected chi connectivity index (χ3v) is 2.96. The van der Waals surface area contributed by atoms with Crippen LogP contribution in [0.4, 0.5) is 0 Å². The molecule has 0 heterocycles. The molecule has 0 spiro atoms. The van der Waals surface area contributed by atoms with Gasteiger partial charge in [0.05, 0.1) is 12.1 Å². The zero-order chi connectivity index (χ0) is 12.1. The van der Waals surface area contributed by atoms with E-state index >= 15 is 0 Å². The summed E-state index contributed by atoms with van der Waals surface area (Å²) in [5.74, 6) is 0.590. The molecule has 0 amide bonds. The number of aliphatic hydroxyl groups is 1. The summed E-state index contributed by atoms with van der Waals surface area (Å²) in [5, 5.41) is 10.6. The highest BCUT2D eigenvalue weighted by Crippen LogP contribution is 2.20. The van der Waals surface area contributed by atoms with E-state index in [9.17, 15) is 5.11 Å². The van der Waals surface area contributed by atoms with Crippen LogP contribution < -0.4 is 5.73 Å². The summed E-state index contributed by atoms with van der Waals surface area (Å²) in [5.41, 5.74) is 6.91. The molecule has 0 aliphatic carbocycles. The Kier molecular flexibility index (Phi) is 7.80. The van der Waals surface area contributed by atoms with Crippen LogP contribution in [-0.4, -0.2) is 11.2 Å². The minimum absolute atomic E-state index is 0. The van der Waals surface area contributed by atoms with Crippen LogP contribution in [0.3, 0.4) is 0 Å². The van der Waals surface area contributed by atoms with Crippen molar-refractivity contribution < 1.29 is 5.11 Å². The molecule has 1 aromatic carbocycles. The van der Waals surface area contributed by atoms with E-state index in [2.05, 4.69) is 13.8 Å². The highest BCUT2D eigenvalue weighted by atomic mass is 35.5. The quantitative estimate of drug-likeness (QED) is 0.865. The van der Waals surface area contributed by atoms with Gasteiger partial charge in [-0.1, -0.05) is 37.6 Å². The fraction of sp³-hybridized carbons (Fsp3) is 0.538. The van der Waals surface area contributed by atoms with Crippen LogP contribution in [0.1, 0.15) is 38.3 Å². The molecular formula is C13H21Cl2NO. The SMILES string of the molecule is CC(C)CC[C@H](O)[C@H](N)c1ccc(Cl)cc1.Cl. The van der Waals surface area contributed by atoms with Gasteiger partial charge in [0.1, 0.15) is 0 Å². The Morgan fingerprint density at radius 1 is 1.18 bits per heavy atom. The van der Waals surface area contributed by atoms with Crippen LogP contribution >= 0.6 is 24.0 Å². The smallest absolute Gasteiger partial charge is 0.0732 e. The number of hydrogen-bond acceptors (Lipinski definition) is 2. The topological polar surface area (TPSA) is 46.2 Å². The average molecular weight is 278 g/mol. The van der Waals surface area contributed by atoms with E-state index in [4.69, 9.17) is 17.3 Å². The fourth-order valence-corrected chi connectivity index (χ4v) is 1.72. The van der Waals surface area contributed by atoms with Gasteiger partial charge >= 0.3 is 0 Å². The van der Waals surface area contributed by atoms with Crippen molar-refractivity contribution in [2.24, 2.45) is 11.7 Å². The Balaban J connectivity index is 0.00000256. The molecule has 0 unspecified atom stereocenters. The summed E-state index contributed by atoms with van der Waals surface area (Å²) in [4.78, 5) is 0. The second-order valence-corrected chi connectivity index (χ2v) is 5.05. The second kappa shape index (κ2) is 7.93. The lowest BCUT2D eigenvalue weighted by Crippen LogP contribution is -2.26. The second-order valence-electron chi connectivity index (χ2n) is 4.62. The fourth-order valence-electron chi connectivity index (χ4n) is 1.59. The van der Waals surface area contributed by atoms with Crippen LogP contribution in [0.25, 0.3) is 0 Å². The molecule has 0 saturated heterocycles. The van der Waals surface area contributed by atoms with Gasteiger partial charge in [-0.2, -0.15) is 0 Å². The molecule has 4 heteroatoms. The van der Waals surface area contributed by atoms with Crippen LogP contribution in [0, 0.1) is 5.92 Å². The number of benzene rings is 1. The van der Waals surface area contributed by atoms with E-state index < -0.39 is 6.10 Å². The van der Waals surface area contributed by atoms with Crippen molar-refractivity contribution >= 4 is 24.0 Å². The van der Waals surface area contributed by atoms with Crippen molar-refractivity contribution in [2.45, 2.75) is 38.8 Å². The first-order chi connectivity index (χ1) is 7.50. The number of aliphatic hydroxyl groups excluding tert-OH is 1. The lowest BCUT2D eigenvalue weighted by molar-refractivity contribution is 0.128. The molecule has 98 valence electrons. The summed E-state index contributed by atoms with van der Waals surface area (Å²) < 4.78 is 0. The first-order valence-corrected chi connectivity index (χ1v) is 6.07. The zero-order valence-corrected chi connectivity index (χ0v) is 11.8. The van der Waals surface area contributed by atoms with Crippen molar-refractivity contribution in [1.82, 2.24) is 0 Å². The van der Waals surface area contributed by atoms with Crippen LogP contribution in [0.15, 0.2) is 24.3 Å². The molecule has 1 rings (SSSR count). The normalized spacial score (nSPS) is 14.2. The van der Waals surface area contributed by atoms with E-state index in [0.717, 1.165) is 18.4 Å². The number of rotatable bonds is 5. The third kappa shape index (κ3) is 5.73. The molecule has 2 nitrogen and oxygen atoms in total. The summed E-state index contributed by atoms with van der Waals surface area (Å²) in [7, 11) is 0. The summed E-state index contributed by atoms with van der Waals surface area (Å²) >= 11 is 5.80. The van der Waals surface area contributed by atoms with Gasteiger partial charge in [0.2, 0.25) is 0 Å². The molecule has 0 bridgehead atoms. The van der Waals surface area contributed by atoms with E-state index in [1.807, 2.05) is 12.1 Å². The maximum absolute atomic E-state index is 9.93. The minimum atomic E-state index is -0.483. The standard InChI is InChI=1S/C13H20ClNO.ClH/c1-9(2)3-8-12(16)13(15)10-4-6-11(14)7-5-10;/h4-7,9,12-13,16H,3,8,15H2,1-2H3;1H/t12-,13+;/m0./s1. The first-order valence-electron chi connectivity index (χ1n) is 5.70. The van der Waals surface area contributed by atoms with Crippen molar-refractivity contribution in [3.63, 3.8) is 0 Å². The van der Waals surface area contributed by atoms with Gasteiger partial charge in [-0.05, 0) is 36.5 Å². The summed E-state index contributed by atoms with van der Waals surface area (Å²) in [6, 6.07) is 7.01. The van der Waals surface area contributed by atoms with Gasteiger partial charge in [0, 0.05) is 5.02 Å². The number of nitrogens with two attached hydrogens (primary N) is 1. The Hall–Kier alpha value is -0.280. The molecular weight excluding hydrogens is 257 g/mol. The minimum Gasteiger partial charge on any atom is -0.391 e. The molecule has 0 radical (unpaired) electrons. The predicted molar refractivity (Wildman–Crippen MR) is 75.7 cm³/mol.